The van der Waals surface area contributed by atoms with Crippen LogP contribution >= 0.6 is 0 Å². The Morgan fingerprint density at radius 2 is 1.61 bits per heavy atom. The third-order valence-electron chi connectivity index (χ3n) is 7.17. The number of nitrogens with one attached hydrogen (secondary N) is 1. The van der Waals surface area contributed by atoms with Gasteiger partial charge in [0.15, 0.2) is 5.79 Å². The Bertz CT molecular complexity index is 690. The minimum Gasteiger partial charge on any atom is -0.348 e. The highest BCUT2D eigenvalue weighted by atomic mass is 16.7. The summed E-state index contributed by atoms with van der Waals surface area (Å²) in [6.45, 7) is 13.9. The molecule has 2 heterocycles. The summed E-state index contributed by atoms with van der Waals surface area (Å²) in [7, 11) is 3.91. The number of carbonyl (C=O) groups is 1. The average molecular weight is 468 g/mol. The van der Waals surface area contributed by atoms with Gasteiger partial charge in [-0.1, -0.05) is 26.8 Å². The van der Waals surface area contributed by atoms with Gasteiger partial charge in [-0.05, 0) is 32.8 Å². The largest absolute Gasteiger partial charge is 0.348 e. The second-order valence-electron chi connectivity index (χ2n) is 10.6. The first kappa shape index (κ1) is 26.6. The first-order valence-corrected chi connectivity index (χ1v) is 12.6. The Morgan fingerprint density at radius 1 is 1.00 bits per heavy atom. The Hall–Kier alpha value is -1.03. The summed E-state index contributed by atoms with van der Waals surface area (Å²) < 4.78 is 25.5. The molecule has 2 aliphatic heterocycles. The van der Waals surface area contributed by atoms with Crippen molar-refractivity contribution in [3.8, 4) is 0 Å². The minimum atomic E-state index is -1.09. The van der Waals surface area contributed by atoms with Gasteiger partial charge in [0.1, 0.15) is 5.54 Å². The fourth-order valence-corrected chi connectivity index (χ4v) is 5.45. The number of hydrogen-bond donors (Lipinski definition) is 1. The van der Waals surface area contributed by atoms with E-state index in [2.05, 4.69) is 32.3 Å². The molecule has 2 unspecified atom stereocenters. The van der Waals surface area contributed by atoms with Crippen molar-refractivity contribution in [1.82, 2.24) is 15.3 Å². The van der Waals surface area contributed by atoms with Crippen LogP contribution in [0.25, 0.3) is 0 Å². The number of allylic oxidation sites excluding steroid dienone is 1. The van der Waals surface area contributed by atoms with Crippen molar-refractivity contribution >= 4 is 5.91 Å². The summed E-state index contributed by atoms with van der Waals surface area (Å²) in [5, 5.41) is 1.92. The van der Waals surface area contributed by atoms with E-state index in [0.29, 0.717) is 58.8 Å². The number of hydrogen-bond acceptors (Lipinski definition) is 7. The Labute approximate surface area is 199 Å². The first-order chi connectivity index (χ1) is 15.6. The Morgan fingerprint density at radius 3 is 2.12 bits per heavy atom. The molecule has 2 saturated heterocycles. The van der Waals surface area contributed by atoms with E-state index in [1.165, 1.54) is 0 Å². The van der Waals surface area contributed by atoms with Crippen LogP contribution in [0.4, 0.5) is 0 Å². The molecule has 1 N–H and O–H groups in total. The van der Waals surface area contributed by atoms with E-state index in [1.54, 1.807) is 0 Å². The number of hydrazine groups is 1. The zero-order valence-corrected chi connectivity index (χ0v) is 21.7. The number of rotatable bonds is 8. The van der Waals surface area contributed by atoms with E-state index >= 15 is 0 Å². The van der Waals surface area contributed by atoms with E-state index in [4.69, 9.17) is 18.9 Å². The Kier molecular flexibility index (Phi) is 8.29. The maximum Gasteiger partial charge on any atom is 0.228 e. The fraction of sp³-hybridized carbons (Fsp3) is 0.880. The van der Waals surface area contributed by atoms with Crippen LogP contribution in [0.5, 0.6) is 0 Å². The highest BCUT2D eigenvalue weighted by Crippen LogP contribution is 2.52. The van der Waals surface area contributed by atoms with Crippen molar-refractivity contribution in [3.63, 3.8) is 0 Å². The molecule has 3 fully saturated rings. The lowest BCUT2D eigenvalue weighted by Crippen LogP contribution is -2.76. The monoisotopic (exact) mass is 467 g/mol. The van der Waals surface area contributed by atoms with Crippen molar-refractivity contribution < 1.29 is 23.7 Å². The van der Waals surface area contributed by atoms with Gasteiger partial charge in [0.2, 0.25) is 11.7 Å². The van der Waals surface area contributed by atoms with Gasteiger partial charge in [-0.15, -0.1) is 0 Å². The summed E-state index contributed by atoms with van der Waals surface area (Å²) in [5.41, 5.74) is 2.73. The van der Waals surface area contributed by atoms with Gasteiger partial charge in [-0.3, -0.25) is 4.79 Å². The van der Waals surface area contributed by atoms with Crippen molar-refractivity contribution in [2.45, 2.75) is 77.4 Å². The molecule has 3 rings (SSSR count). The van der Waals surface area contributed by atoms with Crippen molar-refractivity contribution in [1.29, 1.82) is 0 Å². The first-order valence-electron chi connectivity index (χ1n) is 12.6. The molecular weight excluding hydrogens is 422 g/mol. The van der Waals surface area contributed by atoms with Crippen LogP contribution in [0, 0.1) is 11.3 Å². The molecule has 1 saturated carbocycles. The van der Waals surface area contributed by atoms with Gasteiger partial charge < -0.3 is 23.8 Å². The zero-order chi connectivity index (χ0) is 24.3. The quantitative estimate of drug-likeness (QED) is 0.435. The molecule has 0 radical (unpaired) electrons. The maximum absolute atomic E-state index is 14.1. The topological polar surface area (TPSA) is 72.5 Å². The molecule has 2 atom stereocenters. The predicted octanol–water partition coefficient (Wildman–Crippen LogP) is 2.94. The smallest absolute Gasteiger partial charge is 0.228 e. The summed E-state index contributed by atoms with van der Waals surface area (Å²) in [6.07, 6.45) is 6.70. The summed E-state index contributed by atoms with van der Waals surface area (Å²) in [4.78, 5) is 16.0. The lowest BCUT2D eigenvalue weighted by atomic mass is 9.64. The van der Waals surface area contributed by atoms with Crippen molar-refractivity contribution in [2.24, 2.45) is 11.3 Å². The van der Waals surface area contributed by atoms with Gasteiger partial charge in [0.05, 0.1) is 32.3 Å². The van der Waals surface area contributed by atoms with Gasteiger partial charge in [0, 0.05) is 45.4 Å². The highest BCUT2D eigenvalue weighted by molar-refractivity contribution is 5.81. The lowest BCUT2D eigenvalue weighted by molar-refractivity contribution is -0.332. The van der Waals surface area contributed by atoms with Crippen LogP contribution < -0.4 is 5.43 Å². The third-order valence-corrected chi connectivity index (χ3v) is 7.17. The molecule has 0 aromatic carbocycles. The van der Waals surface area contributed by atoms with Crippen LogP contribution in [0.3, 0.4) is 0 Å². The number of carbonyl (C=O) groups excluding carboxylic acids is 1. The van der Waals surface area contributed by atoms with Crippen LogP contribution in [-0.2, 0) is 23.7 Å². The molecule has 3 aliphatic rings. The fourth-order valence-electron chi connectivity index (χ4n) is 5.45. The van der Waals surface area contributed by atoms with E-state index < -0.39 is 23.0 Å². The van der Waals surface area contributed by atoms with E-state index in [0.717, 1.165) is 6.42 Å². The predicted molar refractivity (Wildman–Crippen MR) is 127 cm³/mol. The Balaban J connectivity index is 2.14. The molecular formula is C25H45N3O5. The van der Waals surface area contributed by atoms with Crippen LogP contribution in [0.15, 0.2) is 12.2 Å². The highest BCUT2D eigenvalue weighted by Gasteiger charge is 2.66. The molecule has 1 amide bonds. The molecule has 8 heteroatoms. The molecule has 8 nitrogen and oxygen atoms in total. The maximum atomic E-state index is 14.1. The van der Waals surface area contributed by atoms with Crippen molar-refractivity contribution in [2.75, 3.05) is 53.6 Å². The van der Waals surface area contributed by atoms with Crippen LogP contribution in [0.2, 0.25) is 0 Å². The molecule has 190 valence electrons. The lowest BCUT2D eigenvalue weighted by Gasteiger charge is -2.59. The van der Waals surface area contributed by atoms with E-state index in [1.807, 2.05) is 43.9 Å². The van der Waals surface area contributed by atoms with E-state index in [-0.39, 0.29) is 11.3 Å². The average Bonchev–Trinajstić information content (AvgIpc) is 3.23. The molecule has 0 bridgehead atoms. The minimum absolute atomic E-state index is 0.0776. The molecule has 1 aliphatic carbocycles. The summed E-state index contributed by atoms with van der Waals surface area (Å²) in [6, 6.07) is 0. The van der Waals surface area contributed by atoms with Gasteiger partial charge in [0.25, 0.3) is 0 Å². The van der Waals surface area contributed by atoms with Gasteiger partial charge in [-0.2, -0.15) is 0 Å². The standard InChI is InChI=1S/C25H45N3O5/c1-8-11-12-25(32-18-22(4,5)19-33-25)24(26-27(6)7)14-13-23(30-15-16-31-23)17-20(24)21(29)28(9-2)10-3/h11-12,20,26H,8-10,13-19H2,1-7H3/b12-11+. The van der Waals surface area contributed by atoms with E-state index in [9.17, 15) is 4.79 Å². The van der Waals surface area contributed by atoms with Crippen LogP contribution in [-0.4, -0.2) is 86.5 Å². The third kappa shape index (κ3) is 5.16. The van der Waals surface area contributed by atoms with Crippen molar-refractivity contribution in [3.05, 3.63) is 12.2 Å². The number of amides is 1. The van der Waals surface area contributed by atoms with Crippen LogP contribution in [0.1, 0.15) is 60.3 Å². The van der Waals surface area contributed by atoms with Gasteiger partial charge >= 0.3 is 0 Å². The second kappa shape index (κ2) is 10.3. The molecule has 0 aromatic rings. The summed E-state index contributed by atoms with van der Waals surface area (Å²) in [5.74, 6) is -2.20. The number of nitrogens with zero attached hydrogens (tertiary/aromatic N) is 2. The zero-order valence-electron chi connectivity index (χ0n) is 21.7. The second-order valence-corrected chi connectivity index (χ2v) is 10.6. The molecule has 1 spiro atoms. The normalized spacial score (nSPS) is 30.8. The molecule has 33 heavy (non-hydrogen) atoms. The summed E-state index contributed by atoms with van der Waals surface area (Å²) >= 11 is 0. The SMILES string of the molecule is CC/C=C/C1(C2(NN(C)C)CCC3(CC2C(=O)N(CC)CC)OCCO3)OCC(C)(C)CO1. The molecule has 0 aromatic heterocycles. The number of ether oxygens (including phenoxy) is 4. The van der Waals surface area contributed by atoms with Gasteiger partial charge in [-0.25, -0.2) is 10.4 Å².